The fraction of sp³-hybridized carbons (Fsp3) is 0.235. The molecule has 0 aliphatic heterocycles. The summed E-state index contributed by atoms with van der Waals surface area (Å²) in [5, 5.41) is 5.24. The van der Waals surface area contributed by atoms with Gasteiger partial charge in [-0.05, 0) is 38.1 Å². The Morgan fingerprint density at radius 3 is 2.33 bits per heavy atom. The molecule has 0 radical (unpaired) electrons. The maximum absolute atomic E-state index is 12.0. The van der Waals surface area contributed by atoms with Crippen LogP contribution in [0.1, 0.15) is 27.0 Å². The summed E-state index contributed by atoms with van der Waals surface area (Å²) < 4.78 is 5.04. The first kappa shape index (κ1) is 17.7. The minimum atomic E-state index is -0.515. The molecule has 2 rings (SSSR count). The molecule has 1 aromatic heterocycles. The molecule has 6 nitrogen and oxygen atoms in total. The number of carbonyl (C=O) groups excluding carboxylic acids is 3. The number of thiophene rings is 1. The van der Waals surface area contributed by atoms with Crippen molar-refractivity contribution in [3.63, 3.8) is 0 Å². The van der Waals surface area contributed by atoms with Crippen LogP contribution in [-0.4, -0.2) is 24.4 Å². The monoisotopic (exact) mass is 346 g/mol. The zero-order valence-electron chi connectivity index (χ0n) is 13.6. The SMILES string of the molecule is CC(=O)Nc1cccc(NC(=O)COC(=O)c2cc(C)sc2C)c1. The van der Waals surface area contributed by atoms with Gasteiger partial charge >= 0.3 is 5.97 Å². The van der Waals surface area contributed by atoms with Crippen molar-refractivity contribution in [1.29, 1.82) is 0 Å². The summed E-state index contributed by atoms with van der Waals surface area (Å²) >= 11 is 1.50. The maximum atomic E-state index is 12.0. The number of rotatable bonds is 5. The van der Waals surface area contributed by atoms with Gasteiger partial charge in [0.25, 0.3) is 5.91 Å². The average Bonchev–Trinajstić information content (AvgIpc) is 2.83. The number of benzene rings is 1. The summed E-state index contributed by atoms with van der Waals surface area (Å²) in [6.07, 6.45) is 0. The molecule has 1 aromatic carbocycles. The molecule has 0 aliphatic rings. The van der Waals surface area contributed by atoms with E-state index in [0.717, 1.165) is 9.75 Å². The molecule has 2 amide bonds. The van der Waals surface area contributed by atoms with E-state index >= 15 is 0 Å². The highest BCUT2D eigenvalue weighted by molar-refractivity contribution is 7.12. The number of hydrogen-bond donors (Lipinski definition) is 2. The molecule has 0 unspecified atom stereocenters. The van der Waals surface area contributed by atoms with Gasteiger partial charge in [0, 0.05) is 28.1 Å². The van der Waals surface area contributed by atoms with Gasteiger partial charge in [-0.25, -0.2) is 4.79 Å². The summed E-state index contributed by atoms with van der Waals surface area (Å²) in [6, 6.07) is 8.45. The van der Waals surface area contributed by atoms with E-state index in [-0.39, 0.29) is 12.5 Å². The summed E-state index contributed by atoms with van der Waals surface area (Å²) in [4.78, 5) is 36.8. The van der Waals surface area contributed by atoms with Gasteiger partial charge in [0.15, 0.2) is 6.61 Å². The summed E-state index contributed by atoms with van der Waals surface area (Å²) in [5.74, 6) is -1.17. The van der Waals surface area contributed by atoms with Crippen LogP contribution >= 0.6 is 11.3 Å². The summed E-state index contributed by atoms with van der Waals surface area (Å²) in [7, 11) is 0. The van der Waals surface area contributed by atoms with Crippen molar-refractivity contribution in [2.24, 2.45) is 0 Å². The highest BCUT2D eigenvalue weighted by Crippen LogP contribution is 2.21. The first-order valence-corrected chi connectivity index (χ1v) is 8.08. The predicted octanol–water partition coefficient (Wildman–Crippen LogP) is 3.12. The third kappa shape index (κ3) is 4.92. The molecule has 0 bridgehead atoms. The van der Waals surface area contributed by atoms with E-state index in [4.69, 9.17) is 4.74 Å². The summed E-state index contributed by atoms with van der Waals surface area (Å²) in [6.45, 7) is 4.77. The highest BCUT2D eigenvalue weighted by atomic mass is 32.1. The number of aryl methyl sites for hydroxylation is 2. The first-order chi connectivity index (χ1) is 11.3. The zero-order valence-corrected chi connectivity index (χ0v) is 14.5. The largest absolute Gasteiger partial charge is 0.452 e. The lowest BCUT2D eigenvalue weighted by Crippen LogP contribution is -2.21. The molecule has 0 atom stereocenters. The molecule has 24 heavy (non-hydrogen) atoms. The Kier molecular flexibility index (Phi) is 5.70. The van der Waals surface area contributed by atoms with Crippen LogP contribution in [0.4, 0.5) is 11.4 Å². The number of nitrogens with one attached hydrogen (secondary N) is 2. The van der Waals surface area contributed by atoms with Crippen molar-refractivity contribution >= 4 is 40.5 Å². The molecule has 126 valence electrons. The van der Waals surface area contributed by atoms with Crippen LogP contribution in [0, 0.1) is 13.8 Å². The van der Waals surface area contributed by atoms with Crippen LogP contribution < -0.4 is 10.6 Å². The van der Waals surface area contributed by atoms with Crippen LogP contribution in [-0.2, 0) is 14.3 Å². The molecular weight excluding hydrogens is 328 g/mol. The highest BCUT2D eigenvalue weighted by Gasteiger charge is 2.15. The van der Waals surface area contributed by atoms with Crippen LogP contribution in [0.25, 0.3) is 0 Å². The van der Waals surface area contributed by atoms with Crippen molar-refractivity contribution in [2.75, 3.05) is 17.2 Å². The van der Waals surface area contributed by atoms with Gasteiger partial charge in [0.1, 0.15) is 0 Å². The van der Waals surface area contributed by atoms with Crippen molar-refractivity contribution in [1.82, 2.24) is 0 Å². The van der Waals surface area contributed by atoms with Crippen LogP contribution in [0.15, 0.2) is 30.3 Å². The first-order valence-electron chi connectivity index (χ1n) is 7.27. The Balaban J connectivity index is 1.90. The van der Waals surface area contributed by atoms with Gasteiger partial charge in [-0.15, -0.1) is 11.3 Å². The van der Waals surface area contributed by atoms with Gasteiger partial charge < -0.3 is 15.4 Å². The number of carbonyl (C=O) groups is 3. The summed E-state index contributed by atoms with van der Waals surface area (Å²) in [5.41, 5.74) is 1.56. The lowest BCUT2D eigenvalue weighted by atomic mass is 10.2. The second kappa shape index (κ2) is 7.74. The van der Waals surface area contributed by atoms with Crippen molar-refractivity contribution in [3.8, 4) is 0 Å². The Labute approximate surface area is 143 Å². The third-order valence-corrected chi connectivity index (χ3v) is 4.03. The number of ether oxygens (including phenoxy) is 1. The zero-order chi connectivity index (χ0) is 17.7. The molecule has 2 N–H and O–H groups in total. The Morgan fingerprint density at radius 2 is 1.75 bits per heavy atom. The van der Waals surface area contributed by atoms with E-state index in [1.54, 1.807) is 30.3 Å². The lowest BCUT2D eigenvalue weighted by Gasteiger charge is -2.08. The van der Waals surface area contributed by atoms with E-state index in [1.165, 1.54) is 18.3 Å². The molecule has 1 heterocycles. The Morgan fingerprint density at radius 1 is 1.08 bits per heavy atom. The maximum Gasteiger partial charge on any atom is 0.339 e. The van der Waals surface area contributed by atoms with E-state index in [1.807, 2.05) is 13.8 Å². The predicted molar refractivity (Wildman–Crippen MR) is 93.5 cm³/mol. The minimum absolute atomic E-state index is 0.200. The number of esters is 1. The van der Waals surface area contributed by atoms with E-state index in [9.17, 15) is 14.4 Å². The van der Waals surface area contributed by atoms with E-state index in [2.05, 4.69) is 10.6 Å². The van der Waals surface area contributed by atoms with Crippen molar-refractivity contribution in [3.05, 3.63) is 45.6 Å². The fourth-order valence-electron chi connectivity index (χ4n) is 2.12. The molecule has 0 aliphatic carbocycles. The average molecular weight is 346 g/mol. The number of amides is 2. The topological polar surface area (TPSA) is 84.5 Å². The second-order valence-electron chi connectivity index (χ2n) is 5.21. The van der Waals surface area contributed by atoms with Gasteiger partial charge in [0.2, 0.25) is 5.91 Å². The quantitative estimate of drug-likeness (QED) is 0.815. The number of hydrogen-bond acceptors (Lipinski definition) is 5. The lowest BCUT2D eigenvalue weighted by molar-refractivity contribution is -0.119. The van der Waals surface area contributed by atoms with Gasteiger partial charge in [-0.1, -0.05) is 6.07 Å². The van der Waals surface area contributed by atoms with Crippen molar-refractivity contribution in [2.45, 2.75) is 20.8 Å². The molecular formula is C17H18N2O4S. The standard InChI is InChI=1S/C17H18N2O4S/c1-10-7-15(11(2)24-10)17(22)23-9-16(21)19-14-6-4-5-13(8-14)18-12(3)20/h4-8H,9H2,1-3H3,(H,18,20)(H,19,21). The Bertz CT molecular complexity index is 783. The molecule has 0 saturated carbocycles. The van der Waals surface area contributed by atoms with Gasteiger partial charge in [-0.2, -0.15) is 0 Å². The molecule has 0 fully saturated rings. The van der Waals surface area contributed by atoms with Gasteiger partial charge in [0.05, 0.1) is 5.56 Å². The van der Waals surface area contributed by atoms with Crippen molar-refractivity contribution < 1.29 is 19.1 Å². The molecule has 2 aromatic rings. The fourth-order valence-corrected chi connectivity index (χ4v) is 3.03. The van der Waals surface area contributed by atoms with Crippen LogP contribution in [0.5, 0.6) is 0 Å². The van der Waals surface area contributed by atoms with Crippen LogP contribution in [0.3, 0.4) is 0 Å². The minimum Gasteiger partial charge on any atom is -0.452 e. The Hall–Kier alpha value is -2.67. The van der Waals surface area contributed by atoms with E-state index in [0.29, 0.717) is 16.9 Å². The second-order valence-corrected chi connectivity index (χ2v) is 6.67. The van der Waals surface area contributed by atoms with E-state index < -0.39 is 11.9 Å². The molecule has 7 heteroatoms. The van der Waals surface area contributed by atoms with Gasteiger partial charge in [-0.3, -0.25) is 9.59 Å². The smallest absolute Gasteiger partial charge is 0.339 e. The third-order valence-electron chi connectivity index (χ3n) is 3.06. The number of anilines is 2. The van der Waals surface area contributed by atoms with Crippen LogP contribution in [0.2, 0.25) is 0 Å². The molecule has 0 saturated heterocycles. The normalized spacial score (nSPS) is 10.1. The molecule has 0 spiro atoms.